The van der Waals surface area contributed by atoms with Crippen LogP contribution < -0.4 is 5.32 Å². The maximum atomic E-state index is 12.6. The average Bonchev–Trinajstić information content (AvgIpc) is 3.13. The van der Waals surface area contributed by atoms with E-state index >= 15 is 0 Å². The summed E-state index contributed by atoms with van der Waals surface area (Å²) in [7, 11) is 0. The van der Waals surface area contributed by atoms with Gasteiger partial charge in [-0.1, -0.05) is 19.8 Å². The van der Waals surface area contributed by atoms with Crippen LogP contribution in [0.4, 0.5) is 0 Å². The molecule has 2 atom stereocenters. The molecule has 0 spiro atoms. The highest BCUT2D eigenvalue weighted by Gasteiger charge is 2.42. The molecule has 7 heteroatoms. The molecule has 1 N–H and O–H groups in total. The summed E-state index contributed by atoms with van der Waals surface area (Å²) in [5, 5.41) is 2.94. The quantitative estimate of drug-likeness (QED) is 0.788. The number of nitrogens with zero attached hydrogens (tertiary/aromatic N) is 3. The summed E-state index contributed by atoms with van der Waals surface area (Å²) >= 11 is 1.89. The molecule has 0 radical (unpaired) electrons. The van der Waals surface area contributed by atoms with E-state index in [0.717, 1.165) is 32.5 Å². The van der Waals surface area contributed by atoms with E-state index in [4.69, 9.17) is 0 Å². The van der Waals surface area contributed by atoms with Crippen molar-refractivity contribution < 1.29 is 9.59 Å². The summed E-state index contributed by atoms with van der Waals surface area (Å²) < 4.78 is 0. The number of likely N-dealkylation sites (tertiary alicyclic amines) is 1. The molecule has 3 aliphatic rings. The van der Waals surface area contributed by atoms with Gasteiger partial charge in [0.1, 0.15) is 12.1 Å². The van der Waals surface area contributed by atoms with Crippen LogP contribution in [0.3, 0.4) is 0 Å². The van der Waals surface area contributed by atoms with Crippen LogP contribution in [0.25, 0.3) is 0 Å². The number of rotatable bonds is 6. The molecule has 28 heavy (non-hydrogen) atoms. The molecule has 4 rings (SSSR count). The van der Waals surface area contributed by atoms with Crippen LogP contribution in [-0.2, 0) is 22.7 Å². The van der Waals surface area contributed by atoms with Gasteiger partial charge in [0.15, 0.2) is 0 Å². The number of thiophene rings is 1. The van der Waals surface area contributed by atoms with E-state index in [9.17, 15) is 9.59 Å². The largest absolute Gasteiger partial charge is 0.342 e. The van der Waals surface area contributed by atoms with Crippen LogP contribution >= 0.6 is 11.3 Å². The molecule has 0 unspecified atom stereocenters. The molecule has 0 bridgehead atoms. The topological polar surface area (TPSA) is 55.9 Å². The number of hydrogen-bond acceptors (Lipinski definition) is 5. The van der Waals surface area contributed by atoms with Crippen molar-refractivity contribution in [3.63, 3.8) is 0 Å². The van der Waals surface area contributed by atoms with Crippen LogP contribution in [-0.4, -0.2) is 71.3 Å². The molecule has 0 aromatic carbocycles. The molecule has 3 fully saturated rings. The first-order valence-corrected chi connectivity index (χ1v) is 11.6. The van der Waals surface area contributed by atoms with Crippen molar-refractivity contribution in [1.82, 2.24) is 20.0 Å². The second-order valence-corrected chi connectivity index (χ2v) is 9.59. The molecular formula is C21H32N4O2S. The van der Waals surface area contributed by atoms with Crippen molar-refractivity contribution in [1.29, 1.82) is 0 Å². The molecule has 1 aromatic rings. The molecule has 6 nitrogen and oxygen atoms in total. The van der Waals surface area contributed by atoms with Gasteiger partial charge in [0.25, 0.3) is 0 Å². The third-order valence-corrected chi connectivity index (χ3v) is 7.22. The first kappa shape index (κ1) is 19.9. The predicted octanol–water partition coefficient (Wildman–Crippen LogP) is 2.05. The van der Waals surface area contributed by atoms with Gasteiger partial charge in [0, 0.05) is 42.5 Å². The van der Waals surface area contributed by atoms with Crippen molar-refractivity contribution in [3.8, 4) is 0 Å². The molecule has 3 saturated heterocycles. The fourth-order valence-corrected chi connectivity index (χ4v) is 5.74. The number of piperidine rings is 1. The van der Waals surface area contributed by atoms with Crippen molar-refractivity contribution >= 4 is 23.2 Å². The summed E-state index contributed by atoms with van der Waals surface area (Å²) in [5.74, 6) is 0.116. The Labute approximate surface area is 171 Å². The lowest BCUT2D eigenvalue weighted by molar-refractivity contribution is -0.153. The minimum absolute atomic E-state index is 0.0136. The van der Waals surface area contributed by atoms with Gasteiger partial charge in [-0.3, -0.25) is 19.4 Å². The third-order valence-electron chi connectivity index (χ3n) is 6.17. The zero-order valence-electron chi connectivity index (χ0n) is 16.9. The van der Waals surface area contributed by atoms with Crippen molar-refractivity contribution in [2.45, 2.75) is 64.2 Å². The molecule has 154 valence electrons. The van der Waals surface area contributed by atoms with Gasteiger partial charge < -0.3 is 10.2 Å². The highest BCUT2D eigenvalue weighted by Crippen LogP contribution is 2.24. The van der Waals surface area contributed by atoms with Crippen LogP contribution in [0.2, 0.25) is 0 Å². The summed E-state index contributed by atoms with van der Waals surface area (Å²) in [6, 6.07) is 3.84. The Hall–Kier alpha value is -1.44. The lowest BCUT2D eigenvalue weighted by Gasteiger charge is -2.45. The summed E-state index contributed by atoms with van der Waals surface area (Å²) in [4.78, 5) is 34.7. The molecule has 0 aliphatic carbocycles. The minimum atomic E-state index is -0.331. The van der Waals surface area contributed by atoms with E-state index in [1.165, 1.54) is 42.1 Å². The Balaban J connectivity index is 1.32. The van der Waals surface area contributed by atoms with E-state index in [-0.39, 0.29) is 23.9 Å². The van der Waals surface area contributed by atoms with Gasteiger partial charge in [-0.25, -0.2) is 0 Å². The standard InChI is InChI=1S/C21H32N4O2S/c1-2-6-18-21(27)25-12-11-24(15-19(25)20(26)22-18)14-17-8-7-16(28-17)13-23-9-4-3-5-10-23/h7-8,18-19H,2-6,9-15H2,1H3,(H,22,26)/t18-,19+/m0/s1. The Bertz CT molecular complexity index is 700. The molecule has 2 amide bonds. The number of carbonyl (C=O) groups excluding carboxylic acids is 2. The van der Waals surface area contributed by atoms with Gasteiger partial charge >= 0.3 is 0 Å². The maximum absolute atomic E-state index is 12.6. The van der Waals surface area contributed by atoms with E-state index in [0.29, 0.717) is 13.1 Å². The van der Waals surface area contributed by atoms with E-state index in [1.54, 1.807) is 0 Å². The van der Waals surface area contributed by atoms with Crippen molar-refractivity contribution in [2.75, 3.05) is 32.7 Å². The highest BCUT2D eigenvalue weighted by atomic mass is 32.1. The van der Waals surface area contributed by atoms with E-state index in [2.05, 4.69) is 27.2 Å². The van der Waals surface area contributed by atoms with E-state index in [1.807, 2.05) is 23.2 Å². The molecular weight excluding hydrogens is 372 g/mol. The van der Waals surface area contributed by atoms with Crippen LogP contribution in [0.15, 0.2) is 12.1 Å². The normalized spacial score (nSPS) is 27.0. The van der Waals surface area contributed by atoms with Gasteiger partial charge in [0.2, 0.25) is 11.8 Å². The number of hydrogen-bond donors (Lipinski definition) is 1. The fourth-order valence-electron chi connectivity index (χ4n) is 4.64. The summed E-state index contributed by atoms with van der Waals surface area (Å²) in [6.45, 7) is 8.56. The molecule has 1 aromatic heterocycles. The lowest BCUT2D eigenvalue weighted by atomic mass is 10.0. The zero-order valence-corrected chi connectivity index (χ0v) is 17.7. The number of carbonyl (C=O) groups is 2. The smallest absolute Gasteiger partial charge is 0.245 e. The second-order valence-electron chi connectivity index (χ2n) is 8.34. The maximum Gasteiger partial charge on any atom is 0.245 e. The van der Waals surface area contributed by atoms with Crippen molar-refractivity contribution in [3.05, 3.63) is 21.9 Å². The fraction of sp³-hybridized carbons (Fsp3) is 0.714. The first-order valence-electron chi connectivity index (χ1n) is 10.8. The number of piperazine rings is 2. The first-order chi connectivity index (χ1) is 13.6. The summed E-state index contributed by atoms with van der Waals surface area (Å²) in [5.41, 5.74) is 0. The number of amides is 2. The Morgan fingerprint density at radius 2 is 1.71 bits per heavy atom. The van der Waals surface area contributed by atoms with Crippen molar-refractivity contribution in [2.24, 2.45) is 0 Å². The Kier molecular flexibility index (Phi) is 6.33. The SMILES string of the molecule is CCC[C@@H]1NC(=O)[C@H]2CN(Cc3ccc(CN4CCCCC4)s3)CCN2C1=O. The minimum Gasteiger partial charge on any atom is -0.342 e. The number of fused-ring (bicyclic) bond motifs is 1. The van der Waals surface area contributed by atoms with Gasteiger partial charge in [-0.05, 0) is 44.5 Å². The Morgan fingerprint density at radius 1 is 1.00 bits per heavy atom. The highest BCUT2D eigenvalue weighted by molar-refractivity contribution is 7.11. The van der Waals surface area contributed by atoms with Crippen LogP contribution in [0.1, 0.15) is 48.8 Å². The van der Waals surface area contributed by atoms with Gasteiger partial charge in [0.05, 0.1) is 0 Å². The monoisotopic (exact) mass is 404 g/mol. The number of nitrogens with one attached hydrogen (secondary N) is 1. The summed E-state index contributed by atoms with van der Waals surface area (Å²) in [6.07, 6.45) is 5.65. The molecule has 4 heterocycles. The van der Waals surface area contributed by atoms with Crippen LogP contribution in [0, 0.1) is 0 Å². The lowest BCUT2D eigenvalue weighted by Crippen LogP contribution is -2.69. The van der Waals surface area contributed by atoms with Gasteiger partial charge in [-0.15, -0.1) is 11.3 Å². The second kappa shape index (κ2) is 8.93. The Morgan fingerprint density at radius 3 is 2.43 bits per heavy atom. The average molecular weight is 405 g/mol. The third kappa shape index (κ3) is 4.42. The predicted molar refractivity (Wildman–Crippen MR) is 111 cm³/mol. The van der Waals surface area contributed by atoms with Crippen LogP contribution in [0.5, 0.6) is 0 Å². The zero-order chi connectivity index (χ0) is 19.5. The van der Waals surface area contributed by atoms with E-state index < -0.39 is 0 Å². The molecule has 0 saturated carbocycles. The van der Waals surface area contributed by atoms with Gasteiger partial charge in [-0.2, -0.15) is 0 Å². The molecule has 3 aliphatic heterocycles.